The maximum Gasteiger partial charge on any atom is 0.248 e. The first kappa shape index (κ1) is 19.9. The average Bonchev–Trinajstić information content (AvgIpc) is 2.63. The number of amides is 2. The molecule has 0 saturated heterocycles. The number of hydrogen-bond acceptors (Lipinski definition) is 4. The minimum absolute atomic E-state index is 0.233. The van der Waals surface area contributed by atoms with E-state index in [2.05, 4.69) is 10.6 Å². The van der Waals surface area contributed by atoms with Crippen molar-refractivity contribution < 1.29 is 27.8 Å². The van der Waals surface area contributed by atoms with Crippen LogP contribution in [0.1, 0.15) is 12.5 Å². The van der Waals surface area contributed by atoms with Crippen molar-refractivity contribution in [2.45, 2.75) is 6.92 Å². The second-order valence-electron chi connectivity index (χ2n) is 5.43. The number of benzene rings is 2. The van der Waals surface area contributed by atoms with Gasteiger partial charge in [0.05, 0.1) is 25.6 Å². The number of nitrogens with one attached hydrogen (secondary N) is 2. The number of ether oxygens (including phenoxy) is 2. The lowest BCUT2D eigenvalue weighted by Crippen LogP contribution is -2.12. The second-order valence-corrected chi connectivity index (χ2v) is 5.43. The van der Waals surface area contributed by atoms with E-state index in [-0.39, 0.29) is 11.4 Å². The van der Waals surface area contributed by atoms with E-state index in [1.165, 1.54) is 33.3 Å². The molecule has 8 heteroatoms. The van der Waals surface area contributed by atoms with Crippen LogP contribution in [0.15, 0.2) is 36.4 Å². The highest BCUT2D eigenvalue weighted by molar-refractivity contribution is 6.02. The van der Waals surface area contributed by atoms with E-state index in [0.717, 1.165) is 6.07 Å². The zero-order valence-corrected chi connectivity index (χ0v) is 14.9. The number of anilines is 2. The van der Waals surface area contributed by atoms with Crippen molar-refractivity contribution in [1.29, 1.82) is 0 Å². The third-order valence-corrected chi connectivity index (χ3v) is 3.46. The molecule has 0 fully saturated rings. The second kappa shape index (κ2) is 8.79. The van der Waals surface area contributed by atoms with E-state index >= 15 is 0 Å². The van der Waals surface area contributed by atoms with Crippen LogP contribution in [-0.2, 0) is 9.59 Å². The zero-order chi connectivity index (χ0) is 20.0. The summed E-state index contributed by atoms with van der Waals surface area (Å²) in [6.45, 7) is 1.19. The van der Waals surface area contributed by atoms with Crippen LogP contribution in [0.5, 0.6) is 11.5 Å². The summed E-state index contributed by atoms with van der Waals surface area (Å²) in [4.78, 5) is 23.1. The number of halogens is 2. The summed E-state index contributed by atoms with van der Waals surface area (Å²) in [5.41, 5.74) is 0.159. The Bertz CT molecular complexity index is 898. The van der Waals surface area contributed by atoms with Gasteiger partial charge in [-0.2, -0.15) is 0 Å². The summed E-state index contributed by atoms with van der Waals surface area (Å²) in [5.74, 6) is -2.03. The molecule has 0 aliphatic carbocycles. The molecule has 142 valence electrons. The Labute approximate surface area is 154 Å². The molecule has 2 aromatic carbocycles. The van der Waals surface area contributed by atoms with E-state index in [1.54, 1.807) is 18.2 Å². The minimum Gasteiger partial charge on any atom is -0.493 e. The van der Waals surface area contributed by atoms with Gasteiger partial charge in [0.25, 0.3) is 0 Å². The summed E-state index contributed by atoms with van der Waals surface area (Å²) in [6.07, 6.45) is 2.68. The quantitative estimate of drug-likeness (QED) is 0.756. The Hall–Kier alpha value is -3.42. The fourth-order valence-electron chi connectivity index (χ4n) is 2.23. The van der Waals surface area contributed by atoms with Gasteiger partial charge in [-0.05, 0) is 29.8 Å². The molecule has 0 unspecified atom stereocenters. The average molecular weight is 376 g/mol. The molecule has 2 rings (SSSR count). The lowest BCUT2D eigenvalue weighted by atomic mass is 10.2. The maximum absolute atomic E-state index is 13.9. The smallest absolute Gasteiger partial charge is 0.248 e. The maximum atomic E-state index is 13.9. The summed E-state index contributed by atoms with van der Waals surface area (Å²) < 4.78 is 37.8. The van der Waals surface area contributed by atoms with Crippen LogP contribution in [0.3, 0.4) is 0 Å². The molecule has 0 aromatic heterocycles. The largest absolute Gasteiger partial charge is 0.493 e. The van der Waals surface area contributed by atoms with Crippen molar-refractivity contribution >= 4 is 29.3 Å². The number of carbonyl (C=O) groups excluding carboxylic acids is 2. The Kier molecular flexibility index (Phi) is 6.48. The molecule has 6 nitrogen and oxygen atoms in total. The van der Waals surface area contributed by atoms with Gasteiger partial charge in [-0.15, -0.1) is 0 Å². The predicted octanol–water partition coefficient (Wildman–Crippen LogP) is 3.59. The first-order valence-corrected chi connectivity index (χ1v) is 7.81. The SMILES string of the molecule is COc1ccc(/C=C/C(=O)Nc2cc(NC(C)=O)c(F)cc2F)cc1OC. The Balaban J connectivity index is 2.15. The van der Waals surface area contributed by atoms with Crippen molar-refractivity contribution in [3.8, 4) is 11.5 Å². The Morgan fingerprint density at radius 3 is 2.15 bits per heavy atom. The van der Waals surface area contributed by atoms with E-state index in [4.69, 9.17) is 9.47 Å². The van der Waals surface area contributed by atoms with Crippen LogP contribution in [0.4, 0.5) is 20.2 Å². The molecule has 2 amide bonds. The Morgan fingerprint density at radius 1 is 0.926 bits per heavy atom. The van der Waals surface area contributed by atoms with E-state index in [9.17, 15) is 18.4 Å². The highest BCUT2D eigenvalue weighted by Gasteiger charge is 2.12. The molecule has 0 radical (unpaired) electrons. The molecule has 2 N–H and O–H groups in total. The van der Waals surface area contributed by atoms with Crippen LogP contribution >= 0.6 is 0 Å². The molecule has 0 aliphatic rings. The summed E-state index contributed by atoms with van der Waals surface area (Å²) in [7, 11) is 3.00. The third kappa shape index (κ3) is 5.27. The Morgan fingerprint density at radius 2 is 1.56 bits per heavy atom. The van der Waals surface area contributed by atoms with E-state index in [0.29, 0.717) is 23.1 Å². The van der Waals surface area contributed by atoms with Crippen molar-refractivity contribution in [2.24, 2.45) is 0 Å². The van der Waals surface area contributed by atoms with Crippen LogP contribution in [0, 0.1) is 11.6 Å². The van der Waals surface area contributed by atoms with Crippen LogP contribution < -0.4 is 20.1 Å². The first-order chi connectivity index (χ1) is 12.8. The molecular formula is C19H18F2N2O4. The van der Waals surface area contributed by atoms with Gasteiger partial charge in [0.2, 0.25) is 11.8 Å². The molecular weight excluding hydrogens is 358 g/mol. The van der Waals surface area contributed by atoms with Gasteiger partial charge in [-0.1, -0.05) is 6.07 Å². The topological polar surface area (TPSA) is 76.7 Å². The summed E-state index contributed by atoms with van der Waals surface area (Å²) in [6, 6.07) is 6.64. The molecule has 0 aliphatic heterocycles. The van der Waals surface area contributed by atoms with Crippen LogP contribution in [0.25, 0.3) is 6.08 Å². The summed E-state index contributed by atoms with van der Waals surface area (Å²) in [5, 5.41) is 4.52. The van der Waals surface area contributed by atoms with E-state index < -0.39 is 23.4 Å². The van der Waals surface area contributed by atoms with Gasteiger partial charge < -0.3 is 20.1 Å². The highest BCUT2D eigenvalue weighted by Crippen LogP contribution is 2.28. The summed E-state index contributed by atoms with van der Waals surface area (Å²) >= 11 is 0. The van der Waals surface area contributed by atoms with Crippen molar-refractivity contribution in [3.05, 3.63) is 53.6 Å². The van der Waals surface area contributed by atoms with Gasteiger partial charge in [-0.3, -0.25) is 9.59 Å². The fourth-order valence-corrected chi connectivity index (χ4v) is 2.23. The molecule has 0 bridgehead atoms. The monoisotopic (exact) mass is 376 g/mol. The van der Waals surface area contributed by atoms with Crippen molar-refractivity contribution in [2.75, 3.05) is 24.9 Å². The van der Waals surface area contributed by atoms with Gasteiger partial charge in [0, 0.05) is 19.1 Å². The molecule has 27 heavy (non-hydrogen) atoms. The van der Waals surface area contributed by atoms with Gasteiger partial charge >= 0.3 is 0 Å². The number of rotatable bonds is 6. The number of carbonyl (C=O) groups is 2. The third-order valence-electron chi connectivity index (χ3n) is 3.46. The van der Waals surface area contributed by atoms with Crippen LogP contribution in [0.2, 0.25) is 0 Å². The van der Waals surface area contributed by atoms with Crippen LogP contribution in [-0.4, -0.2) is 26.0 Å². The molecule has 2 aromatic rings. The predicted molar refractivity (Wildman–Crippen MR) is 97.9 cm³/mol. The van der Waals surface area contributed by atoms with Crippen molar-refractivity contribution in [3.63, 3.8) is 0 Å². The molecule has 0 atom stereocenters. The zero-order valence-electron chi connectivity index (χ0n) is 14.9. The minimum atomic E-state index is -0.963. The lowest BCUT2D eigenvalue weighted by molar-refractivity contribution is -0.114. The van der Waals surface area contributed by atoms with Gasteiger partial charge in [-0.25, -0.2) is 8.78 Å². The normalized spacial score (nSPS) is 10.6. The number of hydrogen-bond donors (Lipinski definition) is 2. The first-order valence-electron chi connectivity index (χ1n) is 7.81. The van der Waals surface area contributed by atoms with Crippen molar-refractivity contribution in [1.82, 2.24) is 0 Å². The highest BCUT2D eigenvalue weighted by atomic mass is 19.1. The number of methoxy groups -OCH3 is 2. The van der Waals surface area contributed by atoms with E-state index in [1.807, 2.05) is 0 Å². The molecule has 0 saturated carbocycles. The lowest BCUT2D eigenvalue weighted by Gasteiger charge is -2.09. The molecule has 0 spiro atoms. The standard InChI is InChI=1S/C19H18F2N2O4/c1-11(24)22-15-10-16(14(21)9-13(15)20)23-19(25)7-5-12-4-6-17(26-2)18(8-12)27-3/h4-10H,1-3H3,(H,22,24)(H,23,25)/b7-5+. The molecule has 0 heterocycles. The van der Waals surface area contributed by atoms with Gasteiger partial charge in [0.15, 0.2) is 11.5 Å². The fraction of sp³-hybridized carbons (Fsp3) is 0.158. The van der Waals surface area contributed by atoms with Gasteiger partial charge in [0.1, 0.15) is 11.6 Å².